The van der Waals surface area contributed by atoms with E-state index < -0.39 is 0 Å². The van der Waals surface area contributed by atoms with Crippen LogP contribution in [0.2, 0.25) is 10.0 Å². The van der Waals surface area contributed by atoms with E-state index in [-0.39, 0.29) is 18.2 Å². The Hall–Kier alpha value is -1.54. The lowest BCUT2D eigenvalue weighted by Crippen LogP contribution is -2.41. The maximum absolute atomic E-state index is 12.2. The third-order valence-electron chi connectivity index (χ3n) is 4.08. The first-order valence-corrected chi connectivity index (χ1v) is 11.9. The van der Waals surface area contributed by atoms with Crippen LogP contribution in [0.3, 0.4) is 0 Å². The van der Waals surface area contributed by atoms with Gasteiger partial charge in [-0.2, -0.15) is 0 Å². The SMILES string of the molecule is O=C(CCCOc1ccc(Cl)cc1Cl)NNC(=O)c1ccc(C2SCCS2)cc1. The molecular formula is C20H20Cl2N2O3S2. The van der Waals surface area contributed by atoms with Gasteiger partial charge in [0.25, 0.3) is 5.91 Å². The highest BCUT2D eigenvalue weighted by Crippen LogP contribution is 2.45. The first-order valence-electron chi connectivity index (χ1n) is 9.03. The van der Waals surface area contributed by atoms with Crippen molar-refractivity contribution in [1.29, 1.82) is 0 Å². The molecule has 1 aliphatic rings. The normalized spacial score (nSPS) is 13.9. The van der Waals surface area contributed by atoms with Crippen molar-refractivity contribution in [3.8, 4) is 5.75 Å². The molecule has 9 heteroatoms. The van der Waals surface area contributed by atoms with Gasteiger partial charge >= 0.3 is 0 Å². The number of rotatable bonds is 7. The van der Waals surface area contributed by atoms with Crippen LogP contribution < -0.4 is 15.6 Å². The second-order valence-corrected chi connectivity index (χ2v) is 9.79. The maximum Gasteiger partial charge on any atom is 0.269 e. The topological polar surface area (TPSA) is 67.4 Å². The lowest BCUT2D eigenvalue weighted by Gasteiger charge is -2.11. The van der Waals surface area contributed by atoms with Crippen LogP contribution in [0.15, 0.2) is 42.5 Å². The number of amides is 2. The molecule has 5 nitrogen and oxygen atoms in total. The first kappa shape index (κ1) is 22.2. The Balaban J connectivity index is 1.35. The third-order valence-corrected chi connectivity index (χ3v) is 7.72. The lowest BCUT2D eigenvalue weighted by atomic mass is 10.1. The number of nitrogens with one attached hydrogen (secondary N) is 2. The van der Waals surface area contributed by atoms with E-state index in [1.54, 1.807) is 30.3 Å². The summed E-state index contributed by atoms with van der Waals surface area (Å²) in [5, 5.41) is 0.953. The highest BCUT2D eigenvalue weighted by Gasteiger charge is 2.18. The maximum atomic E-state index is 12.2. The number of thioether (sulfide) groups is 2. The Labute approximate surface area is 188 Å². The zero-order chi connectivity index (χ0) is 20.6. The number of hydrogen-bond donors (Lipinski definition) is 2. The molecule has 0 unspecified atom stereocenters. The van der Waals surface area contributed by atoms with Gasteiger partial charge in [-0.3, -0.25) is 20.4 Å². The van der Waals surface area contributed by atoms with E-state index >= 15 is 0 Å². The smallest absolute Gasteiger partial charge is 0.269 e. The Morgan fingerprint density at radius 3 is 2.45 bits per heavy atom. The van der Waals surface area contributed by atoms with Crippen LogP contribution in [0.4, 0.5) is 0 Å². The van der Waals surface area contributed by atoms with Crippen molar-refractivity contribution in [2.24, 2.45) is 0 Å². The molecule has 0 bridgehead atoms. The van der Waals surface area contributed by atoms with E-state index in [0.717, 1.165) is 11.5 Å². The van der Waals surface area contributed by atoms with Crippen LogP contribution in [0.25, 0.3) is 0 Å². The molecule has 154 valence electrons. The summed E-state index contributed by atoms with van der Waals surface area (Å²) in [7, 11) is 0. The summed E-state index contributed by atoms with van der Waals surface area (Å²) in [5.41, 5.74) is 6.57. The van der Waals surface area contributed by atoms with Crippen molar-refractivity contribution < 1.29 is 14.3 Å². The average Bonchev–Trinajstić information content (AvgIpc) is 3.25. The van der Waals surface area contributed by atoms with Crippen LogP contribution in [0.5, 0.6) is 5.75 Å². The molecule has 2 amide bonds. The number of carbonyl (C=O) groups excluding carboxylic acids is 2. The Bertz CT molecular complexity index is 859. The quantitative estimate of drug-likeness (QED) is 0.435. The molecule has 0 spiro atoms. The minimum absolute atomic E-state index is 0.209. The Morgan fingerprint density at radius 2 is 1.76 bits per heavy atom. The zero-order valence-corrected chi connectivity index (χ0v) is 18.6. The van der Waals surface area contributed by atoms with Gasteiger partial charge in [-0.1, -0.05) is 35.3 Å². The van der Waals surface area contributed by atoms with Gasteiger partial charge in [-0.25, -0.2) is 0 Å². The fourth-order valence-corrected chi connectivity index (χ4v) is 5.93. The molecule has 3 rings (SSSR count). The minimum atomic E-state index is -0.346. The first-order chi connectivity index (χ1) is 14.0. The molecule has 1 aliphatic heterocycles. The van der Waals surface area contributed by atoms with Crippen molar-refractivity contribution in [2.75, 3.05) is 18.1 Å². The van der Waals surface area contributed by atoms with Gasteiger partial charge in [-0.15, -0.1) is 23.5 Å². The Kier molecular flexibility index (Phi) is 8.41. The number of carbonyl (C=O) groups is 2. The summed E-state index contributed by atoms with van der Waals surface area (Å²) in [5.74, 6) is 2.19. The van der Waals surface area contributed by atoms with Crippen LogP contribution in [0.1, 0.15) is 33.3 Å². The highest BCUT2D eigenvalue weighted by atomic mass is 35.5. The summed E-state index contributed by atoms with van der Waals surface area (Å²) < 4.78 is 5.97. The molecule has 1 fully saturated rings. The van der Waals surface area contributed by atoms with Crippen LogP contribution in [-0.2, 0) is 4.79 Å². The second-order valence-electron chi connectivity index (χ2n) is 6.22. The van der Waals surface area contributed by atoms with Gasteiger partial charge in [0.15, 0.2) is 0 Å². The summed E-state index contributed by atoms with van der Waals surface area (Å²) in [6.07, 6.45) is 0.687. The summed E-state index contributed by atoms with van der Waals surface area (Å²) in [4.78, 5) is 24.1. The van der Waals surface area contributed by atoms with E-state index in [1.165, 1.54) is 5.56 Å². The van der Waals surface area contributed by atoms with Gasteiger partial charge < -0.3 is 4.74 Å². The molecule has 0 aliphatic carbocycles. The van der Waals surface area contributed by atoms with E-state index in [4.69, 9.17) is 27.9 Å². The van der Waals surface area contributed by atoms with Crippen molar-refractivity contribution >= 4 is 58.5 Å². The van der Waals surface area contributed by atoms with E-state index in [2.05, 4.69) is 10.9 Å². The van der Waals surface area contributed by atoms with E-state index in [9.17, 15) is 9.59 Å². The number of halogens is 2. The molecule has 0 saturated carbocycles. The number of hydrogen-bond acceptors (Lipinski definition) is 5. The molecule has 1 saturated heterocycles. The van der Waals surface area contributed by atoms with Crippen molar-refractivity contribution in [3.63, 3.8) is 0 Å². The van der Waals surface area contributed by atoms with Gasteiger partial charge in [0.1, 0.15) is 5.75 Å². The predicted molar refractivity (Wildman–Crippen MR) is 121 cm³/mol. The van der Waals surface area contributed by atoms with Gasteiger partial charge in [0.2, 0.25) is 5.91 Å². The van der Waals surface area contributed by atoms with Crippen molar-refractivity contribution in [2.45, 2.75) is 17.4 Å². The average molecular weight is 471 g/mol. The summed E-state index contributed by atoms with van der Waals surface area (Å²) >= 11 is 15.7. The molecule has 0 atom stereocenters. The minimum Gasteiger partial charge on any atom is -0.492 e. The second kappa shape index (κ2) is 11.0. The lowest BCUT2D eigenvalue weighted by molar-refractivity contribution is -0.122. The molecule has 2 N–H and O–H groups in total. The van der Waals surface area contributed by atoms with Gasteiger partial charge in [0.05, 0.1) is 16.2 Å². The predicted octanol–water partition coefficient (Wildman–Crippen LogP) is 5.09. The zero-order valence-electron chi connectivity index (χ0n) is 15.5. The molecule has 0 aromatic heterocycles. The number of hydrazine groups is 1. The van der Waals surface area contributed by atoms with E-state index in [1.807, 2.05) is 35.7 Å². The fourth-order valence-electron chi connectivity index (χ4n) is 2.61. The standard InChI is InChI=1S/C20H20Cl2N2O3S2/c21-15-7-8-17(16(22)12-15)27-9-1-2-18(25)23-24-19(26)13-3-5-14(6-4-13)20-28-10-11-29-20/h3-8,12,20H,1-2,9-11H2,(H,23,25)(H,24,26). The van der Waals surface area contributed by atoms with Crippen LogP contribution >= 0.6 is 46.7 Å². The monoisotopic (exact) mass is 470 g/mol. The van der Waals surface area contributed by atoms with Crippen molar-refractivity contribution in [1.82, 2.24) is 10.9 Å². The number of benzene rings is 2. The van der Waals surface area contributed by atoms with Gasteiger partial charge in [0, 0.05) is 28.5 Å². The van der Waals surface area contributed by atoms with Crippen molar-refractivity contribution in [3.05, 3.63) is 63.6 Å². The summed E-state index contributed by atoms with van der Waals surface area (Å²) in [6.45, 7) is 0.321. The van der Waals surface area contributed by atoms with Gasteiger partial charge in [-0.05, 0) is 42.3 Å². The largest absolute Gasteiger partial charge is 0.492 e. The molecular weight excluding hydrogens is 451 g/mol. The molecule has 29 heavy (non-hydrogen) atoms. The summed E-state index contributed by atoms with van der Waals surface area (Å²) in [6, 6.07) is 12.4. The molecule has 2 aromatic rings. The third kappa shape index (κ3) is 6.74. The Morgan fingerprint density at radius 1 is 1.03 bits per heavy atom. The highest BCUT2D eigenvalue weighted by molar-refractivity contribution is 8.19. The molecule has 0 radical (unpaired) electrons. The van der Waals surface area contributed by atoms with Crippen LogP contribution in [-0.4, -0.2) is 29.9 Å². The fraction of sp³-hybridized carbons (Fsp3) is 0.300. The molecule has 2 aromatic carbocycles. The van der Waals surface area contributed by atoms with E-state index in [0.29, 0.717) is 39.0 Å². The van der Waals surface area contributed by atoms with Crippen LogP contribution in [0, 0.1) is 0 Å². The number of ether oxygens (including phenoxy) is 1. The molecule has 1 heterocycles.